The molecule has 0 radical (unpaired) electrons. The Labute approximate surface area is 162 Å². The van der Waals surface area contributed by atoms with Gasteiger partial charge in [0.05, 0.1) is 17.6 Å². The fraction of sp³-hybridized carbons (Fsp3) is 0.455. The van der Waals surface area contributed by atoms with Gasteiger partial charge in [-0.2, -0.15) is 0 Å². The molecular formula is C22H28BNO3. The number of hydrogen-bond donors (Lipinski definition) is 0. The molecule has 142 valence electrons. The van der Waals surface area contributed by atoms with Crippen molar-refractivity contribution in [1.29, 1.82) is 0 Å². The highest BCUT2D eigenvalue weighted by molar-refractivity contribution is 6.62. The zero-order chi connectivity index (χ0) is 19.8. The Morgan fingerprint density at radius 2 is 1.63 bits per heavy atom. The first-order chi connectivity index (χ1) is 12.6. The number of carbonyl (C=O) groups is 1. The number of Topliss-reactive ketones (excluding diaryl/α,β-unsaturated/α-hetero) is 1. The first-order valence-electron chi connectivity index (χ1n) is 9.53. The predicted octanol–water partition coefficient (Wildman–Crippen LogP) is 3.93. The molecular weight excluding hydrogens is 337 g/mol. The molecule has 1 aromatic heterocycles. The first-order valence-corrected chi connectivity index (χ1v) is 9.53. The Balaban J connectivity index is 1.70. The van der Waals surface area contributed by atoms with E-state index in [0.717, 1.165) is 11.2 Å². The van der Waals surface area contributed by atoms with E-state index in [1.165, 1.54) is 5.56 Å². The molecule has 0 N–H and O–H groups in total. The highest BCUT2D eigenvalue weighted by Gasteiger charge is 2.51. The maximum atomic E-state index is 12.6. The highest BCUT2D eigenvalue weighted by Crippen LogP contribution is 2.36. The lowest BCUT2D eigenvalue weighted by Crippen LogP contribution is -2.41. The third-order valence-corrected chi connectivity index (χ3v) is 5.61. The van der Waals surface area contributed by atoms with Crippen molar-refractivity contribution in [2.75, 3.05) is 0 Å². The van der Waals surface area contributed by atoms with Crippen LogP contribution in [0.15, 0.2) is 42.6 Å². The molecule has 0 atom stereocenters. The molecule has 1 aliphatic heterocycles. The first kappa shape index (κ1) is 19.8. The number of rotatable bonds is 5. The van der Waals surface area contributed by atoms with Crippen LogP contribution in [0.1, 0.15) is 69.1 Å². The predicted molar refractivity (Wildman–Crippen MR) is 109 cm³/mol. The quantitative estimate of drug-likeness (QED) is 0.595. The van der Waals surface area contributed by atoms with Gasteiger partial charge in [0, 0.05) is 17.5 Å². The third kappa shape index (κ3) is 4.15. The minimum atomic E-state index is -0.413. The van der Waals surface area contributed by atoms with Gasteiger partial charge in [0.25, 0.3) is 0 Å². The van der Waals surface area contributed by atoms with Gasteiger partial charge in [-0.25, -0.2) is 0 Å². The summed E-state index contributed by atoms with van der Waals surface area (Å²) in [5.41, 5.74) is 2.85. The zero-order valence-corrected chi connectivity index (χ0v) is 17.1. The molecule has 0 unspecified atom stereocenters. The van der Waals surface area contributed by atoms with Gasteiger partial charge in [-0.05, 0) is 56.8 Å². The molecule has 1 saturated heterocycles. The molecule has 2 heterocycles. The summed E-state index contributed by atoms with van der Waals surface area (Å²) >= 11 is 0. The standard InChI is InChI=1S/C22H28BNO3/c1-15(2)17-11-12-24-19(13-17)14-20(25)16-7-9-18(10-8-16)23-26-21(3,4)22(5,6)27-23/h7-13,15H,14H2,1-6H3. The molecule has 4 nitrogen and oxygen atoms in total. The zero-order valence-electron chi connectivity index (χ0n) is 17.1. The van der Waals surface area contributed by atoms with Crippen molar-refractivity contribution in [3.63, 3.8) is 0 Å². The summed E-state index contributed by atoms with van der Waals surface area (Å²) in [6.45, 7) is 12.4. The summed E-state index contributed by atoms with van der Waals surface area (Å²) in [6.07, 6.45) is 2.08. The van der Waals surface area contributed by atoms with E-state index >= 15 is 0 Å². The Hall–Kier alpha value is -1.98. The Bertz CT molecular complexity index is 812. The van der Waals surface area contributed by atoms with E-state index in [4.69, 9.17) is 9.31 Å². The number of pyridine rings is 1. The summed E-state index contributed by atoms with van der Waals surface area (Å²) in [4.78, 5) is 17.0. The molecule has 0 saturated carbocycles. The van der Waals surface area contributed by atoms with E-state index in [0.29, 0.717) is 17.9 Å². The second-order valence-corrected chi connectivity index (χ2v) is 8.55. The van der Waals surface area contributed by atoms with Crippen molar-refractivity contribution < 1.29 is 14.1 Å². The normalized spacial score (nSPS) is 18.1. The van der Waals surface area contributed by atoms with E-state index in [1.54, 1.807) is 6.20 Å². The van der Waals surface area contributed by atoms with Crippen LogP contribution in [0.25, 0.3) is 0 Å². The minimum absolute atomic E-state index is 0.0591. The summed E-state index contributed by atoms with van der Waals surface area (Å²) < 4.78 is 12.1. The molecule has 3 rings (SSSR count). The lowest BCUT2D eigenvalue weighted by atomic mass is 9.78. The van der Waals surface area contributed by atoms with Gasteiger partial charge >= 0.3 is 7.12 Å². The Morgan fingerprint density at radius 1 is 1.04 bits per heavy atom. The molecule has 0 amide bonds. The van der Waals surface area contributed by atoms with E-state index in [9.17, 15) is 4.79 Å². The topological polar surface area (TPSA) is 48.4 Å². The SMILES string of the molecule is CC(C)c1ccnc(CC(=O)c2ccc(B3OC(C)(C)C(C)(C)O3)cc2)c1. The highest BCUT2D eigenvalue weighted by atomic mass is 16.7. The average molecular weight is 365 g/mol. The molecule has 5 heteroatoms. The summed E-state index contributed by atoms with van der Waals surface area (Å²) in [7, 11) is -0.413. The number of hydrogen-bond acceptors (Lipinski definition) is 4. The largest absolute Gasteiger partial charge is 0.494 e. The number of benzene rings is 1. The third-order valence-electron chi connectivity index (χ3n) is 5.61. The lowest BCUT2D eigenvalue weighted by molar-refractivity contribution is 0.00578. The van der Waals surface area contributed by atoms with Gasteiger partial charge in [0.15, 0.2) is 5.78 Å². The Kier molecular flexibility index (Phi) is 5.28. The fourth-order valence-corrected chi connectivity index (χ4v) is 3.02. The van der Waals surface area contributed by atoms with Crippen LogP contribution in [0.2, 0.25) is 0 Å². The van der Waals surface area contributed by atoms with Gasteiger partial charge in [-0.1, -0.05) is 38.1 Å². The van der Waals surface area contributed by atoms with Crippen LogP contribution in [0.3, 0.4) is 0 Å². The van der Waals surface area contributed by atoms with Crippen LogP contribution in [0, 0.1) is 0 Å². The Morgan fingerprint density at radius 3 is 2.19 bits per heavy atom. The van der Waals surface area contributed by atoms with Crippen molar-refractivity contribution in [2.45, 2.75) is 65.1 Å². The number of nitrogens with zero attached hydrogens (tertiary/aromatic N) is 1. The summed E-state index contributed by atoms with van der Waals surface area (Å²) in [6, 6.07) is 11.5. The number of carbonyl (C=O) groups excluding carboxylic acids is 1. The monoisotopic (exact) mass is 365 g/mol. The van der Waals surface area contributed by atoms with Crippen molar-refractivity contribution >= 4 is 18.4 Å². The molecule has 0 aliphatic carbocycles. The van der Waals surface area contributed by atoms with E-state index < -0.39 is 7.12 Å². The van der Waals surface area contributed by atoms with Crippen LogP contribution < -0.4 is 5.46 Å². The smallest absolute Gasteiger partial charge is 0.399 e. The van der Waals surface area contributed by atoms with E-state index in [-0.39, 0.29) is 17.0 Å². The van der Waals surface area contributed by atoms with Gasteiger partial charge in [-0.15, -0.1) is 0 Å². The maximum Gasteiger partial charge on any atom is 0.494 e. The lowest BCUT2D eigenvalue weighted by Gasteiger charge is -2.32. The van der Waals surface area contributed by atoms with Gasteiger partial charge in [0.2, 0.25) is 0 Å². The summed E-state index contributed by atoms with van der Waals surface area (Å²) in [5, 5.41) is 0. The molecule has 1 fully saturated rings. The van der Waals surface area contributed by atoms with Crippen molar-refractivity contribution in [3.05, 3.63) is 59.4 Å². The molecule has 27 heavy (non-hydrogen) atoms. The van der Waals surface area contributed by atoms with E-state index in [1.807, 2.05) is 64.1 Å². The van der Waals surface area contributed by atoms with Crippen LogP contribution in [0.4, 0.5) is 0 Å². The molecule has 1 aliphatic rings. The molecule has 1 aromatic carbocycles. The van der Waals surface area contributed by atoms with Crippen LogP contribution in [-0.4, -0.2) is 29.1 Å². The van der Waals surface area contributed by atoms with Crippen molar-refractivity contribution in [3.8, 4) is 0 Å². The fourth-order valence-electron chi connectivity index (χ4n) is 3.02. The van der Waals surface area contributed by atoms with Crippen LogP contribution >= 0.6 is 0 Å². The van der Waals surface area contributed by atoms with Crippen molar-refractivity contribution in [1.82, 2.24) is 4.98 Å². The molecule has 2 aromatic rings. The molecule has 0 spiro atoms. The second-order valence-electron chi connectivity index (χ2n) is 8.55. The molecule has 0 bridgehead atoms. The van der Waals surface area contributed by atoms with Crippen LogP contribution in [0.5, 0.6) is 0 Å². The van der Waals surface area contributed by atoms with Gasteiger partial charge in [-0.3, -0.25) is 9.78 Å². The minimum Gasteiger partial charge on any atom is -0.399 e. The van der Waals surface area contributed by atoms with Crippen LogP contribution in [-0.2, 0) is 15.7 Å². The van der Waals surface area contributed by atoms with Gasteiger partial charge < -0.3 is 9.31 Å². The van der Waals surface area contributed by atoms with Gasteiger partial charge in [0.1, 0.15) is 0 Å². The second kappa shape index (κ2) is 7.21. The average Bonchev–Trinajstić information content (AvgIpc) is 2.83. The van der Waals surface area contributed by atoms with Crippen molar-refractivity contribution in [2.24, 2.45) is 0 Å². The maximum absolute atomic E-state index is 12.6. The number of ketones is 1. The summed E-state index contributed by atoms with van der Waals surface area (Å²) in [5.74, 6) is 0.477. The van der Waals surface area contributed by atoms with E-state index in [2.05, 4.69) is 18.8 Å². The number of aromatic nitrogens is 1.